The molecular weight excluding hydrogens is 383 g/mol. The number of aryl methyl sites for hydroxylation is 1. The third-order valence-corrected chi connectivity index (χ3v) is 5.15. The zero-order valence-corrected chi connectivity index (χ0v) is 16.7. The molecule has 1 amide bonds. The summed E-state index contributed by atoms with van der Waals surface area (Å²) < 4.78 is 24.5. The number of nitrogens with two attached hydrogens (primary N) is 1. The molecule has 0 bridgehead atoms. The van der Waals surface area contributed by atoms with Crippen molar-refractivity contribution in [3.05, 3.63) is 89.2 Å². The predicted molar refractivity (Wildman–Crippen MR) is 112 cm³/mol. The number of quaternary nitrogens is 1. The Bertz CT molecular complexity index is 1040. The number of ether oxygens (including phenoxy) is 2. The quantitative estimate of drug-likeness (QED) is 0.631. The minimum Gasteiger partial charge on any atom is -0.454 e. The lowest BCUT2D eigenvalue weighted by Crippen LogP contribution is -2.87. The molecule has 0 saturated heterocycles. The second-order valence-corrected chi connectivity index (χ2v) is 7.18. The molecule has 0 unspecified atom stereocenters. The number of fused-ring (bicyclic) bond motifs is 1. The monoisotopic (exact) mass is 407 g/mol. The Labute approximate surface area is 174 Å². The fraction of sp³-hybridized carbons (Fsp3) is 0.208. The number of halogens is 1. The summed E-state index contributed by atoms with van der Waals surface area (Å²) >= 11 is 0. The maximum atomic E-state index is 13.8. The fourth-order valence-electron chi connectivity index (χ4n) is 3.54. The molecule has 154 valence electrons. The van der Waals surface area contributed by atoms with Gasteiger partial charge in [0, 0.05) is 22.9 Å². The van der Waals surface area contributed by atoms with E-state index >= 15 is 0 Å². The van der Waals surface area contributed by atoms with E-state index in [1.807, 2.05) is 23.5 Å². The molecule has 5 nitrogen and oxygen atoms in total. The maximum absolute atomic E-state index is 13.8. The van der Waals surface area contributed by atoms with E-state index in [9.17, 15) is 9.18 Å². The molecule has 3 aromatic rings. The molecule has 0 saturated carbocycles. The first-order valence-electron chi connectivity index (χ1n) is 9.99. The zero-order valence-electron chi connectivity index (χ0n) is 16.7. The molecule has 3 N–H and O–H groups in total. The van der Waals surface area contributed by atoms with Gasteiger partial charge < -0.3 is 20.1 Å². The highest BCUT2D eigenvalue weighted by molar-refractivity contribution is 5.91. The summed E-state index contributed by atoms with van der Waals surface area (Å²) in [5, 5.41) is 4.79. The highest BCUT2D eigenvalue weighted by Crippen LogP contribution is 2.34. The molecule has 6 heteroatoms. The van der Waals surface area contributed by atoms with Crippen LogP contribution in [-0.2, 0) is 11.2 Å². The van der Waals surface area contributed by atoms with Crippen molar-refractivity contribution in [2.75, 3.05) is 18.7 Å². The molecule has 0 spiro atoms. The topological polar surface area (TPSA) is 64.2 Å². The molecule has 30 heavy (non-hydrogen) atoms. The lowest BCUT2D eigenvalue weighted by atomic mass is 9.97. The normalized spacial score (nSPS) is 13.1. The van der Waals surface area contributed by atoms with Gasteiger partial charge in [-0.05, 0) is 36.2 Å². The number of nitrogens with one attached hydrogen (secondary N) is 1. The standard InChI is InChI=1S/C24H23FN2O3/c1-2-16-6-8-17(9-7-16)24(18-4-3-5-19(25)12-18)26-14-23(28)27-20-10-11-21-22(13-20)30-15-29-21/h3-13,24,26H,2,14-15H2,1H3,(H,27,28)/p+1/t24-/m1/s1. The minimum absolute atomic E-state index is 0.152. The number of anilines is 1. The molecule has 1 heterocycles. The molecule has 0 fully saturated rings. The van der Waals surface area contributed by atoms with Crippen molar-refractivity contribution >= 4 is 11.6 Å². The number of rotatable bonds is 7. The summed E-state index contributed by atoms with van der Waals surface area (Å²) in [4.78, 5) is 12.6. The summed E-state index contributed by atoms with van der Waals surface area (Å²) in [6.07, 6.45) is 0.951. The van der Waals surface area contributed by atoms with Gasteiger partial charge in [0.05, 0.1) is 0 Å². The number of carbonyl (C=O) groups excluding carboxylic acids is 1. The first-order valence-corrected chi connectivity index (χ1v) is 9.99. The Morgan fingerprint density at radius 1 is 1.03 bits per heavy atom. The smallest absolute Gasteiger partial charge is 0.279 e. The van der Waals surface area contributed by atoms with Crippen molar-refractivity contribution in [1.29, 1.82) is 0 Å². The lowest BCUT2D eigenvalue weighted by Gasteiger charge is -2.17. The van der Waals surface area contributed by atoms with E-state index in [2.05, 4.69) is 24.4 Å². The molecule has 1 aliphatic rings. The number of amides is 1. The number of hydrogen-bond donors (Lipinski definition) is 2. The van der Waals surface area contributed by atoms with Crippen LogP contribution in [0.2, 0.25) is 0 Å². The van der Waals surface area contributed by atoms with Crippen molar-refractivity contribution in [3.63, 3.8) is 0 Å². The van der Waals surface area contributed by atoms with E-state index in [1.54, 1.807) is 24.3 Å². The third-order valence-electron chi connectivity index (χ3n) is 5.15. The Morgan fingerprint density at radius 3 is 2.60 bits per heavy atom. The Morgan fingerprint density at radius 2 is 1.83 bits per heavy atom. The molecular formula is C24H24FN2O3+. The van der Waals surface area contributed by atoms with E-state index in [1.165, 1.54) is 17.7 Å². The summed E-state index contributed by atoms with van der Waals surface area (Å²) in [6, 6.07) is 19.9. The molecule has 1 aliphatic heterocycles. The number of carbonyl (C=O) groups is 1. The highest BCUT2D eigenvalue weighted by Gasteiger charge is 2.20. The predicted octanol–water partition coefficient (Wildman–Crippen LogP) is 3.41. The van der Waals surface area contributed by atoms with Crippen LogP contribution in [0.5, 0.6) is 11.5 Å². The molecule has 3 aromatic carbocycles. The van der Waals surface area contributed by atoms with Gasteiger partial charge in [0.2, 0.25) is 6.79 Å². The third kappa shape index (κ3) is 4.60. The molecule has 4 rings (SSSR count). The van der Waals surface area contributed by atoms with Crippen LogP contribution in [0, 0.1) is 5.82 Å². The Balaban J connectivity index is 1.47. The van der Waals surface area contributed by atoms with Crippen molar-refractivity contribution < 1.29 is 24.0 Å². The minimum atomic E-state index is -0.291. The van der Waals surface area contributed by atoms with Crippen LogP contribution < -0.4 is 20.1 Å². The molecule has 0 aromatic heterocycles. The second kappa shape index (κ2) is 8.97. The van der Waals surface area contributed by atoms with Gasteiger partial charge in [0.1, 0.15) is 11.9 Å². The van der Waals surface area contributed by atoms with Crippen LogP contribution in [0.4, 0.5) is 10.1 Å². The van der Waals surface area contributed by atoms with Crippen molar-refractivity contribution in [2.24, 2.45) is 0 Å². The van der Waals surface area contributed by atoms with Gasteiger partial charge in [-0.15, -0.1) is 0 Å². The van der Waals surface area contributed by atoms with Gasteiger partial charge in [-0.25, -0.2) is 4.39 Å². The first kappa shape index (κ1) is 19.9. The van der Waals surface area contributed by atoms with Gasteiger partial charge >= 0.3 is 0 Å². The van der Waals surface area contributed by atoms with E-state index in [0.29, 0.717) is 17.2 Å². The van der Waals surface area contributed by atoms with Crippen LogP contribution in [0.3, 0.4) is 0 Å². The van der Waals surface area contributed by atoms with E-state index in [0.717, 1.165) is 17.5 Å². The summed E-state index contributed by atoms with van der Waals surface area (Å²) in [6.45, 7) is 2.48. The van der Waals surface area contributed by atoms with Crippen LogP contribution in [0.15, 0.2) is 66.7 Å². The van der Waals surface area contributed by atoms with E-state index in [-0.39, 0.29) is 31.1 Å². The lowest BCUT2D eigenvalue weighted by molar-refractivity contribution is -0.676. The summed E-state index contributed by atoms with van der Waals surface area (Å²) in [5.74, 6) is 0.841. The van der Waals surface area contributed by atoms with Gasteiger partial charge in [-0.2, -0.15) is 0 Å². The van der Waals surface area contributed by atoms with Gasteiger partial charge in [-0.1, -0.05) is 43.3 Å². The average molecular weight is 407 g/mol. The average Bonchev–Trinajstić information content (AvgIpc) is 3.22. The summed E-state index contributed by atoms with van der Waals surface area (Å²) in [5.41, 5.74) is 3.72. The van der Waals surface area contributed by atoms with E-state index < -0.39 is 0 Å². The van der Waals surface area contributed by atoms with E-state index in [4.69, 9.17) is 9.47 Å². The Hall–Kier alpha value is -3.38. The first-order chi connectivity index (χ1) is 14.6. The molecule has 0 radical (unpaired) electrons. The SMILES string of the molecule is CCc1ccc([C@@H]([NH2+]CC(=O)Nc2ccc3c(c2)OCO3)c2cccc(F)c2)cc1. The Kier molecular flexibility index (Phi) is 5.95. The van der Waals surface area contributed by atoms with Crippen molar-refractivity contribution in [3.8, 4) is 11.5 Å². The van der Waals surface area contributed by atoms with Gasteiger partial charge in [0.25, 0.3) is 5.91 Å². The maximum Gasteiger partial charge on any atom is 0.279 e. The number of benzene rings is 3. The van der Waals surface area contributed by atoms with Crippen LogP contribution in [0.25, 0.3) is 0 Å². The van der Waals surface area contributed by atoms with Gasteiger partial charge in [-0.3, -0.25) is 4.79 Å². The fourth-order valence-corrected chi connectivity index (χ4v) is 3.54. The molecule has 1 atom stereocenters. The largest absolute Gasteiger partial charge is 0.454 e. The number of hydrogen-bond acceptors (Lipinski definition) is 3. The van der Waals surface area contributed by atoms with Gasteiger partial charge in [0.15, 0.2) is 18.0 Å². The van der Waals surface area contributed by atoms with Crippen LogP contribution in [-0.4, -0.2) is 19.2 Å². The highest BCUT2D eigenvalue weighted by atomic mass is 19.1. The van der Waals surface area contributed by atoms with Crippen molar-refractivity contribution in [1.82, 2.24) is 0 Å². The van der Waals surface area contributed by atoms with Crippen LogP contribution in [0.1, 0.15) is 29.7 Å². The summed E-state index contributed by atoms with van der Waals surface area (Å²) in [7, 11) is 0. The van der Waals surface area contributed by atoms with Crippen LogP contribution >= 0.6 is 0 Å². The zero-order chi connectivity index (χ0) is 20.9. The second-order valence-electron chi connectivity index (χ2n) is 7.18. The molecule has 0 aliphatic carbocycles. The van der Waals surface area contributed by atoms with Crippen molar-refractivity contribution in [2.45, 2.75) is 19.4 Å².